The van der Waals surface area contributed by atoms with E-state index in [1.54, 1.807) is 18.3 Å². The predicted octanol–water partition coefficient (Wildman–Crippen LogP) is 4.34. The van der Waals surface area contributed by atoms with Crippen LogP contribution in [0.3, 0.4) is 0 Å². The summed E-state index contributed by atoms with van der Waals surface area (Å²) in [5.41, 5.74) is 2.86. The van der Waals surface area contributed by atoms with Gasteiger partial charge in [0.05, 0.1) is 0 Å². The molecule has 138 valence electrons. The number of hydrogen-bond acceptors (Lipinski definition) is 4. The fourth-order valence-electron chi connectivity index (χ4n) is 3.10. The van der Waals surface area contributed by atoms with Gasteiger partial charge in [0.1, 0.15) is 5.82 Å². The Morgan fingerprint density at radius 2 is 1.88 bits per heavy atom. The van der Waals surface area contributed by atoms with Gasteiger partial charge in [0.2, 0.25) is 0 Å². The summed E-state index contributed by atoms with van der Waals surface area (Å²) in [5.74, 6) is 0.609. The van der Waals surface area contributed by atoms with Crippen LogP contribution in [0.15, 0.2) is 42.6 Å². The Labute approximate surface area is 155 Å². The number of rotatable bonds is 6. The summed E-state index contributed by atoms with van der Waals surface area (Å²) < 4.78 is 0. The summed E-state index contributed by atoms with van der Waals surface area (Å²) in [4.78, 5) is 19.0. The number of pyridine rings is 1. The summed E-state index contributed by atoms with van der Waals surface area (Å²) >= 11 is 0. The lowest BCUT2D eigenvalue weighted by Gasteiger charge is -2.28. The molecule has 2 aromatic rings. The molecule has 1 amide bonds. The van der Waals surface area contributed by atoms with Crippen molar-refractivity contribution >= 4 is 23.1 Å². The number of anilines is 3. The number of piperidine rings is 1. The highest BCUT2D eigenvalue weighted by Gasteiger charge is 2.11. The first-order valence-electron chi connectivity index (χ1n) is 9.54. The number of hydrogen-bond donors (Lipinski definition) is 2. The topological polar surface area (TPSA) is 57.3 Å². The molecule has 1 fully saturated rings. The maximum atomic E-state index is 12.3. The van der Waals surface area contributed by atoms with Crippen LogP contribution in [0.25, 0.3) is 0 Å². The van der Waals surface area contributed by atoms with Crippen molar-refractivity contribution in [3.8, 4) is 0 Å². The van der Waals surface area contributed by atoms with Crippen molar-refractivity contribution in [2.75, 3.05) is 23.3 Å². The van der Waals surface area contributed by atoms with Gasteiger partial charge in [-0.25, -0.2) is 4.98 Å². The van der Waals surface area contributed by atoms with Gasteiger partial charge in [0.25, 0.3) is 5.91 Å². The van der Waals surface area contributed by atoms with Gasteiger partial charge < -0.3 is 15.5 Å². The van der Waals surface area contributed by atoms with Crippen molar-refractivity contribution in [3.05, 3.63) is 48.2 Å². The third-order valence-electron chi connectivity index (χ3n) is 4.87. The maximum Gasteiger partial charge on any atom is 0.251 e. The number of nitrogens with zero attached hydrogens (tertiary/aromatic N) is 2. The molecule has 1 aliphatic heterocycles. The largest absolute Gasteiger partial charge is 0.372 e. The first kappa shape index (κ1) is 18.2. The van der Waals surface area contributed by atoms with E-state index in [-0.39, 0.29) is 11.9 Å². The molecular weight excluding hydrogens is 324 g/mol. The van der Waals surface area contributed by atoms with E-state index in [1.807, 2.05) is 6.92 Å². The molecule has 1 atom stereocenters. The Hall–Kier alpha value is -2.56. The molecule has 1 unspecified atom stereocenters. The van der Waals surface area contributed by atoms with E-state index in [4.69, 9.17) is 0 Å². The quantitative estimate of drug-likeness (QED) is 0.812. The molecule has 3 rings (SSSR count). The zero-order valence-corrected chi connectivity index (χ0v) is 15.7. The number of carbonyl (C=O) groups is 1. The van der Waals surface area contributed by atoms with Gasteiger partial charge in [0, 0.05) is 42.3 Å². The second kappa shape index (κ2) is 8.70. The van der Waals surface area contributed by atoms with Crippen molar-refractivity contribution in [1.82, 2.24) is 10.3 Å². The predicted molar refractivity (Wildman–Crippen MR) is 107 cm³/mol. The number of aromatic nitrogens is 1. The van der Waals surface area contributed by atoms with E-state index < -0.39 is 0 Å². The highest BCUT2D eigenvalue weighted by molar-refractivity contribution is 5.95. The maximum absolute atomic E-state index is 12.3. The minimum atomic E-state index is -0.0646. The zero-order valence-electron chi connectivity index (χ0n) is 15.7. The van der Waals surface area contributed by atoms with Crippen molar-refractivity contribution in [1.29, 1.82) is 0 Å². The first-order chi connectivity index (χ1) is 12.7. The summed E-state index contributed by atoms with van der Waals surface area (Å²) in [5, 5.41) is 6.27. The average molecular weight is 352 g/mol. The van der Waals surface area contributed by atoms with E-state index >= 15 is 0 Å². The van der Waals surface area contributed by atoms with Crippen LogP contribution in [0.5, 0.6) is 0 Å². The van der Waals surface area contributed by atoms with Crippen LogP contribution < -0.4 is 15.5 Å². The molecule has 0 spiro atoms. The molecule has 1 aliphatic rings. The van der Waals surface area contributed by atoms with Crippen LogP contribution in [0.2, 0.25) is 0 Å². The lowest BCUT2D eigenvalue weighted by Crippen LogP contribution is -2.31. The molecule has 1 saturated heterocycles. The molecule has 0 radical (unpaired) electrons. The van der Waals surface area contributed by atoms with Gasteiger partial charge in [-0.15, -0.1) is 0 Å². The Kier molecular flexibility index (Phi) is 6.10. The molecule has 2 heterocycles. The molecule has 2 N–H and O–H groups in total. The Bertz CT molecular complexity index is 723. The van der Waals surface area contributed by atoms with Crippen molar-refractivity contribution in [3.63, 3.8) is 0 Å². The van der Waals surface area contributed by atoms with Crippen LogP contribution in [0.4, 0.5) is 17.2 Å². The molecule has 0 bridgehead atoms. The normalized spacial score (nSPS) is 15.4. The standard InChI is InChI=1S/C21H28N4O/c1-3-16(2)23-21(26)17-11-12-22-20(15-17)24-18-7-9-19(10-8-18)25-13-5-4-6-14-25/h7-12,15-16H,3-6,13-14H2,1-2H3,(H,22,24)(H,23,26). The van der Waals surface area contributed by atoms with Crippen molar-refractivity contribution in [2.45, 2.75) is 45.6 Å². The van der Waals surface area contributed by atoms with Gasteiger partial charge >= 0.3 is 0 Å². The first-order valence-corrected chi connectivity index (χ1v) is 9.54. The fraction of sp³-hybridized carbons (Fsp3) is 0.429. The van der Waals surface area contributed by atoms with E-state index in [9.17, 15) is 4.79 Å². The molecular formula is C21H28N4O. The summed E-state index contributed by atoms with van der Waals surface area (Å²) in [6.45, 7) is 6.34. The van der Waals surface area contributed by atoms with Crippen molar-refractivity contribution < 1.29 is 4.79 Å². The van der Waals surface area contributed by atoms with Crippen molar-refractivity contribution in [2.24, 2.45) is 0 Å². The van der Waals surface area contributed by atoms with Gasteiger partial charge in [-0.1, -0.05) is 6.92 Å². The smallest absolute Gasteiger partial charge is 0.251 e. The highest BCUT2D eigenvalue weighted by atomic mass is 16.1. The summed E-state index contributed by atoms with van der Waals surface area (Å²) in [6.07, 6.45) is 6.45. The van der Waals surface area contributed by atoms with Gasteiger partial charge in [-0.2, -0.15) is 0 Å². The highest BCUT2D eigenvalue weighted by Crippen LogP contribution is 2.23. The van der Waals surface area contributed by atoms with E-state index in [0.29, 0.717) is 11.4 Å². The molecule has 0 saturated carbocycles. The van der Waals surface area contributed by atoms with Gasteiger partial charge in [-0.3, -0.25) is 4.79 Å². The average Bonchev–Trinajstić information content (AvgIpc) is 2.69. The Morgan fingerprint density at radius 1 is 1.15 bits per heavy atom. The van der Waals surface area contributed by atoms with Gasteiger partial charge in [-0.05, 0) is 69.0 Å². The number of carbonyl (C=O) groups excluding carboxylic acids is 1. The van der Waals surface area contributed by atoms with Crippen LogP contribution >= 0.6 is 0 Å². The summed E-state index contributed by atoms with van der Waals surface area (Å²) in [6, 6.07) is 12.1. The lowest BCUT2D eigenvalue weighted by atomic mass is 10.1. The number of nitrogens with one attached hydrogen (secondary N) is 2. The van der Waals surface area contributed by atoms with Crippen LogP contribution in [0.1, 0.15) is 49.9 Å². The van der Waals surface area contributed by atoms with Crippen LogP contribution in [-0.4, -0.2) is 30.0 Å². The molecule has 0 aliphatic carbocycles. The summed E-state index contributed by atoms with van der Waals surface area (Å²) in [7, 11) is 0. The minimum absolute atomic E-state index is 0.0646. The zero-order chi connectivity index (χ0) is 18.4. The third kappa shape index (κ3) is 4.75. The Morgan fingerprint density at radius 3 is 2.58 bits per heavy atom. The molecule has 5 nitrogen and oxygen atoms in total. The van der Waals surface area contributed by atoms with Crippen LogP contribution in [-0.2, 0) is 0 Å². The Balaban J connectivity index is 1.65. The molecule has 26 heavy (non-hydrogen) atoms. The third-order valence-corrected chi connectivity index (χ3v) is 4.87. The second-order valence-corrected chi connectivity index (χ2v) is 6.93. The second-order valence-electron chi connectivity index (χ2n) is 6.93. The monoisotopic (exact) mass is 352 g/mol. The molecule has 1 aromatic heterocycles. The van der Waals surface area contributed by atoms with Gasteiger partial charge in [0.15, 0.2) is 0 Å². The lowest BCUT2D eigenvalue weighted by molar-refractivity contribution is 0.0939. The number of benzene rings is 1. The van der Waals surface area contributed by atoms with Crippen LogP contribution in [0, 0.1) is 0 Å². The SMILES string of the molecule is CCC(C)NC(=O)c1ccnc(Nc2ccc(N3CCCCC3)cc2)c1. The fourth-order valence-corrected chi connectivity index (χ4v) is 3.10. The minimum Gasteiger partial charge on any atom is -0.372 e. The van der Waals surface area contributed by atoms with E-state index in [0.717, 1.165) is 25.2 Å². The molecule has 5 heteroatoms. The van der Waals surface area contributed by atoms with E-state index in [1.165, 1.54) is 24.9 Å². The number of amides is 1. The van der Waals surface area contributed by atoms with E-state index in [2.05, 4.69) is 51.7 Å². The molecule has 1 aromatic carbocycles.